The standard InChI is InChI=1S/C21H26N4/c1-5-13-23(14-6-1)20-12-11-19-21(24-15-7-2-8-16-24)22-17-9-3-4-10-18(17)25(19)20/h3-4,9-12H,1-2,5-8,13-16H2. The predicted molar refractivity (Wildman–Crippen MR) is 105 cm³/mol. The third kappa shape index (κ3) is 2.55. The highest BCUT2D eigenvalue weighted by Crippen LogP contribution is 2.33. The molecular weight excluding hydrogens is 308 g/mol. The van der Waals surface area contributed by atoms with Crippen molar-refractivity contribution in [2.45, 2.75) is 38.5 Å². The van der Waals surface area contributed by atoms with Gasteiger partial charge in [0.1, 0.15) is 5.82 Å². The Kier molecular flexibility index (Phi) is 3.76. The minimum Gasteiger partial charge on any atom is -0.358 e. The number of rotatable bonds is 2. The van der Waals surface area contributed by atoms with Crippen LogP contribution < -0.4 is 9.80 Å². The van der Waals surface area contributed by atoms with Crippen LogP contribution in [0.2, 0.25) is 0 Å². The van der Waals surface area contributed by atoms with Crippen molar-refractivity contribution in [2.75, 3.05) is 36.0 Å². The summed E-state index contributed by atoms with van der Waals surface area (Å²) < 4.78 is 2.46. The van der Waals surface area contributed by atoms with Gasteiger partial charge in [-0.3, -0.25) is 4.40 Å². The molecule has 0 amide bonds. The van der Waals surface area contributed by atoms with Gasteiger partial charge in [0.2, 0.25) is 0 Å². The van der Waals surface area contributed by atoms with Crippen LogP contribution in [0.4, 0.5) is 11.6 Å². The maximum atomic E-state index is 5.07. The Hall–Kier alpha value is -2.23. The second kappa shape index (κ2) is 6.25. The number of anilines is 2. The lowest BCUT2D eigenvalue weighted by Gasteiger charge is -2.31. The summed E-state index contributed by atoms with van der Waals surface area (Å²) in [6, 6.07) is 13.2. The Bertz CT molecular complexity index is 885. The maximum absolute atomic E-state index is 5.07. The smallest absolute Gasteiger partial charge is 0.153 e. The second-order valence-electron chi connectivity index (χ2n) is 7.43. The predicted octanol–water partition coefficient (Wildman–Crippen LogP) is 4.47. The molecular formula is C21H26N4. The average Bonchev–Trinajstić information content (AvgIpc) is 3.14. The summed E-state index contributed by atoms with van der Waals surface area (Å²) in [5.74, 6) is 2.51. The number of hydrogen-bond donors (Lipinski definition) is 0. The van der Waals surface area contributed by atoms with Crippen LogP contribution in [-0.2, 0) is 0 Å². The molecule has 2 aromatic heterocycles. The molecule has 130 valence electrons. The van der Waals surface area contributed by atoms with E-state index in [4.69, 9.17) is 4.98 Å². The summed E-state index contributed by atoms with van der Waals surface area (Å²) in [5, 5.41) is 0. The Balaban J connectivity index is 1.73. The van der Waals surface area contributed by atoms with E-state index in [1.807, 2.05) is 0 Å². The van der Waals surface area contributed by atoms with Crippen LogP contribution in [0.5, 0.6) is 0 Å². The molecule has 0 N–H and O–H groups in total. The molecule has 2 aliphatic rings. The van der Waals surface area contributed by atoms with Gasteiger partial charge in [-0.25, -0.2) is 4.98 Å². The van der Waals surface area contributed by atoms with Gasteiger partial charge in [-0.2, -0.15) is 0 Å². The van der Waals surface area contributed by atoms with Crippen LogP contribution >= 0.6 is 0 Å². The van der Waals surface area contributed by atoms with E-state index in [-0.39, 0.29) is 0 Å². The third-order valence-corrected chi connectivity index (χ3v) is 5.77. The summed E-state index contributed by atoms with van der Waals surface area (Å²) >= 11 is 0. The van der Waals surface area contributed by atoms with Crippen molar-refractivity contribution in [1.82, 2.24) is 9.38 Å². The molecule has 3 aromatic rings. The van der Waals surface area contributed by atoms with Gasteiger partial charge in [-0.05, 0) is 62.8 Å². The number of piperidine rings is 2. The van der Waals surface area contributed by atoms with Crippen molar-refractivity contribution in [3.05, 3.63) is 36.4 Å². The van der Waals surface area contributed by atoms with Gasteiger partial charge in [0, 0.05) is 26.2 Å². The van der Waals surface area contributed by atoms with Crippen LogP contribution in [-0.4, -0.2) is 35.6 Å². The van der Waals surface area contributed by atoms with Crippen LogP contribution in [0.3, 0.4) is 0 Å². The van der Waals surface area contributed by atoms with Crippen LogP contribution in [0.15, 0.2) is 36.4 Å². The number of nitrogens with zero attached hydrogens (tertiary/aromatic N) is 4. The van der Waals surface area contributed by atoms with Crippen molar-refractivity contribution < 1.29 is 0 Å². The average molecular weight is 334 g/mol. The first-order valence-corrected chi connectivity index (χ1v) is 9.82. The monoisotopic (exact) mass is 334 g/mol. The molecule has 0 unspecified atom stereocenters. The highest BCUT2D eigenvalue weighted by atomic mass is 15.3. The lowest BCUT2D eigenvalue weighted by molar-refractivity contribution is 0.571. The molecule has 0 bridgehead atoms. The largest absolute Gasteiger partial charge is 0.358 e. The van der Waals surface area contributed by atoms with E-state index >= 15 is 0 Å². The molecule has 2 fully saturated rings. The van der Waals surface area contributed by atoms with Gasteiger partial charge in [0.05, 0.1) is 16.6 Å². The topological polar surface area (TPSA) is 23.8 Å². The van der Waals surface area contributed by atoms with Crippen molar-refractivity contribution in [2.24, 2.45) is 0 Å². The van der Waals surface area contributed by atoms with Gasteiger partial charge in [0.25, 0.3) is 0 Å². The number of hydrogen-bond acceptors (Lipinski definition) is 3. The van der Waals surface area contributed by atoms with E-state index in [1.165, 1.54) is 74.3 Å². The fraction of sp³-hybridized carbons (Fsp3) is 0.476. The van der Waals surface area contributed by atoms with Gasteiger partial charge in [0.15, 0.2) is 5.82 Å². The zero-order chi connectivity index (χ0) is 16.6. The highest BCUT2D eigenvalue weighted by molar-refractivity contribution is 5.87. The van der Waals surface area contributed by atoms with E-state index in [0.29, 0.717) is 0 Å². The fourth-order valence-corrected chi connectivity index (χ4v) is 4.48. The van der Waals surface area contributed by atoms with Crippen LogP contribution in [0, 0.1) is 0 Å². The van der Waals surface area contributed by atoms with Crippen molar-refractivity contribution >= 4 is 28.2 Å². The molecule has 4 nitrogen and oxygen atoms in total. The molecule has 5 rings (SSSR count). The molecule has 2 saturated heterocycles. The number of fused-ring (bicyclic) bond motifs is 3. The molecule has 0 spiro atoms. The quantitative estimate of drug-likeness (QED) is 0.691. The summed E-state index contributed by atoms with van der Waals surface area (Å²) in [4.78, 5) is 10.1. The van der Waals surface area contributed by atoms with Crippen LogP contribution in [0.1, 0.15) is 38.5 Å². The maximum Gasteiger partial charge on any atom is 0.153 e. The number of benzene rings is 1. The van der Waals surface area contributed by atoms with E-state index in [2.05, 4.69) is 50.6 Å². The SMILES string of the molecule is c1ccc2c(c1)nc(N1CCCCC1)c1ccc(N3CCCCC3)n12. The molecule has 4 heterocycles. The molecule has 25 heavy (non-hydrogen) atoms. The Morgan fingerprint density at radius 1 is 0.640 bits per heavy atom. The Morgan fingerprint density at radius 2 is 1.32 bits per heavy atom. The van der Waals surface area contributed by atoms with E-state index < -0.39 is 0 Å². The normalized spacial score (nSPS) is 19.0. The molecule has 0 atom stereocenters. The zero-order valence-electron chi connectivity index (χ0n) is 14.8. The first-order chi connectivity index (χ1) is 12.4. The van der Waals surface area contributed by atoms with E-state index in [9.17, 15) is 0 Å². The number of para-hydroxylation sites is 2. The fourth-order valence-electron chi connectivity index (χ4n) is 4.48. The first-order valence-electron chi connectivity index (χ1n) is 9.82. The molecule has 2 aliphatic heterocycles. The molecule has 0 radical (unpaired) electrons. The van der Waals surface area contributed by atoms with Crippen molar-refractivity contribution in [3.63, 3.8) is 0 Å². The van der Waals surface area contributed by atoms with Gasteiger partial charge >= 0.3 is 0 Å². The summed E-state index contributed by atoms with van der Waals surface area (Å²) in [6.07, 6.45) is 7.87. The Morgan fingerprint density at radius 3 is 2.08 bits per heavy atom. The van der Waals surface area contributed by atoms with Crippen molar-refractivity contribution in [3.8, 4) is 0 Å². The zero-order valence-corrected chi connectivity index (χ0v) is 14.8. The van der Waals surface area contributed by atoms with Gasteiger partial charge < -0.3 is 9.80 Å². The Labute approximate surface area is 149 Å². The highest BCUT2D eigenvalue weighted by Gasteiger charge is 2.21. The first kappa shape index (κ1) is 15.1. The molecule has 0 saturated carbocycles. The van der Waals surface area contributed by atoms with Gasteiger partial charge in [-0.1, -0.05) is 12.1 Å². The number of aromatic nitrogens is 2. The minimum absolute atomic E-state index is 1.10. The summed E-state index contributed by atoms with van der Waals surface area (Å²) in [6.45, 7) is 4.60. The molecule has 4 heteroatoms. The van der Waals surface area contributed by atoms with Gasteiger partial charge in [-0.15, -0.1) is 0 Å². The second-order valence-corrected chi connectivity index (χ2v) is 7.43. The molecule has 1 aromatic carbocycles. The lowest BCUT2D eigenvalue weighted by atomic mass is 10.1. The summed E-state index contributed by atoms with van der Waals surface area (Å²) in [5.41, 5.74) is 3.59. The van der Waals surface area contributed by atoms with Crippen molar-refractivity contribution in [1.29, 1.82) is 0 Å². The van der Waals surface area contributed by atoms with E-state index in [1.54, 1.807) is 0 Å². The lowest BCUT2D eigenvalue weighted by Crippen LogP contribution is -2.31. The molecule has 0 aliphatic carbocycles. The van der Waals surface area contributed by atoms with Crippen LogP contribution in [0.25, 0.3) is 16.6 Å². The minimum atomic E-state index is 1.10. The van der Waals surface area contributed by atoms with E-state index in [0.717, 1.165) is 18.6 Å². The third-order valence-electron chi connectivity index (χ3n) is 5.77. The summed E-state index contributed by atoms with van der Waals surface area (Å²) in [7, 11) is 0.